The molecule has 1 aromatic rings. The first-order valence-electron chi connectivity index (χ1n) is 6.56. The molecule has 4 nitrogen and oxygen atoms in total. The molecule has 1 aromatic carbocycles. The Bertz CT molecular complexity index is 461. The van der Waals surface area contributed by atoms with Gasteiger partial charge in [-0.05, 0) is 43.9 Å². The number of anilines is 1. The lowest BCUT2D eigenvalue weighted by molar-refractivity contribution is 0.127. The van der Waals surface area contributed by atoms with E-state index in [-0.39, 0.29) is 18.7 Å². The van der Waals surface area contributed by atoms with Crippen molar-refractivity contribution in [2.24, 2.45) is 0 Å². The van der Waals surface area contributed by atoms with Crippen molar-refractivity contribution in [2.45, 2.75) is 32.2 Å². The summed E-state index contributed by atoms with van der Waals surface area (Å²) in [6.07, 6.45) is 3.18. The second kappa shape index (κ2) is 6.26. The maximum Gasteiger partial charge on any atom is 0.322 e. The van der Waals surface area contributed by atoms with Crippen LogP contribution < -0.4 is 5.32 Å². The highest BCUT2D eigenvalue weighted by Crippen LogP contribution is 2.26. The number of hydrogen-bond acceptors (Lipinski definition) is 2. The fraction of sp³-hybridized carbons (Fsp3) is 0.500. The Hall–Kier alpha value is -1.26. The van der Waals surface area contributed by atoms with Gasteiger partial charge in [-0.3, -0.25) is 0 Å². The Kier molecular flexibility index (Phi) is 4.66. The summed E-state index contributed by atoms with van der Waals surface area (Å²) in [5, 5.41) is 12.5. The monoisotopic (exact) mass is 282 g/mol. The van der Waals surface area contributed by atoms with Gasteiger partial charge in [0.05, 0.1) is 6.61 Å². The van der Waals surface area contributed by atoms with Gasteiger partial charge in [0.15, 0.2) is 0 Å². The first kappa shape index (κ1) is 14.2. The van der Waals surface area contributed by atoms with Gasteiger partial charge in [0, 0.05) is 23.3 Å². The number of aliphatic hydroxyl groups excluding tert-OH is 1. The second-order valence-electron chi connectivity index (χ2n) is 4.90. The summed E-state index contributed by atoms with van der Waals surface area (Å²) in [5.74, 6) is 0. The van der Waals surface area contributed by atoms with E-state index in [1.807, 2.05) is 19.1 Å². The van der Waals surface area contributed by atoms with E-state index in [2.05, 4.69) is 5.32 Å². The van der Waals surface area contributed by atoms with Crippen LogP contribution in [0.5, 0.6) is 0 Å². The van der Waals surface area contributed by atoms with E-state index < -0.39 is 0 Å². The summed E-state index contributed by atoms with van der Waals surface area (Å²) >= 11 is 6.03. The van der Waals surface area contributed by atoms with Crippen LogP contribution in [0.25, 0.3) is 0 Å². The molecule has 1 fully saturated rings. The predicted molar refractivity (Wildman–Crippen MR) is 76.6 cm³/mol. The van der Waals surface area contributed by atoms with E-state index >= 15 is 0 Å². The Morgan fingerprint density at radius 2 is 2.26 bits per heavy atom. The maximum absolute atomic E-state index is 12.2. The summed E-state index contributed by atoms with van der Waals surface area (Å²) in [6, 6.07) is 5.54. The van der Waals surface area contributed by atoms with E-state index in [0.29, 0.717) is 17.3 Å². The standard InChI is InChI=1S/C14H19ClN2O2/c1-10-5-6-11(9-13(10)15)16-14(19)17(7-8-18)12-3-2-4-12/h5-6,9,12,18H,2-4,7-8H2,1H3,(H,16,19). The molecule has 19 heavy (non-hydrogen) atoms. The minimum atomic E-state index is -0.168. The fourth-order valence-electron chi connectivity index (χ4n) is 2.12. The van der Waals surface area contributed by atoms with Crippen LogP contribution in [0.1, 0.15) is 24.8 Å². The minimum absolute atomic E-state index is 0.0153. The molecule has 0 aliphatic heterocycles. The zero-order chi connectivity index (χ0) is 13.8. The number of nitrogens with one attached hydrogen (secondary N) is 1. The number of aryl methyl sites for hydroxylation is 1. The number of benzene rings is 1. The lowest BCUT2D eigenvalue weighted by Gasteiger charge is -2.37. The third-order valence-electron chi connectivity index (χ3n) is 3.54. The molecule has 1 saturated carbocycles. The van der Waals surface area contributed by atoms with Crippen molar-refractivity contribution < 1.29 is 9.90 Å². The topological polar surface area (TPSA) is 52.6 Å². The second-order valence-corrected chi connectivity index (χ2v) is 5.30. The van der Waals surface area contributed by atoms with Gasteiger partial charge in [-0.15, -0.1) is 0 Å². The van der Waals surface area contributed by atoms with Gasteiger partial charge >= 0.3 is 6.03 Å². The maximum atomic E-state index is 12.2. The molecule has 0 heterocycles. The van der Waals surface area contributed by atoms with Crippen molar-refractivity contribution in [3.63, 3.8) is 0 Å². The molecule has 1 aliphatic rings. The van der Waals surface area contributed by atoms with Crippen molar-refractivity contribution in [1.29, 1.82) is 0 Å². The largest absolute Gasteiger partial charge is 0.395 e. The van der Waals surface area contributed by atoms with Gasteiger partial charge in [0.1, 0.15) is 0 Å². The van der Waals surface area contributed by atoms with Crippen LogP contribution in [0.15, 0.2) is 18.2 Å². The van der Waals surface area contributed by atoms with E-state index in [4.69, 9.17) is 16.7 Å². The average Bonchev–Trinajstić information content (AvgIpc) is 2.31. The number of carbonyl (C=O) groups excluding carboxylic acids is 1. The third-order valence-corrected chi connectivity index (χ3v) is 3.95. The van der Waals surface area contributed by atoms with Gasteiger partial charge in [-0.2, -0.15) is 0 Å². The van der Waals surface area contributed by atoms with Crippen LogP contribution in [-0.4, -0.2) is 35.2 Å². The molecule has 0 bridgehead atoms. The molecular formula is C14H19ClN2O2. The van der Waals surface area contributed by atoms with Crippen LogP contribution in [0, 0.1) is 6.92 Å². The molecule has 5 heteroatoms. The van der Waals surface area contributed by atoms with Crippen molar-refractivity contribution in [3.8, 4) is 0 Å². The zero-order valence-electron chi connectivity index (χ0n) is 11.0. The Morgan fingerprint density at radius 1 is 1.53 bits per heavy atom. The average molecular weight is 283 g/mol. The minimum Gasteiger partial charge on any atom is -0.395 e. The number of aliphatic hydroxyl groups is 1. The molecule has 2 N–H and O–H groups in total. The van der Waals surface area contributed by atoms with Crippen LogP contribution in [-0.2, 0) is 0 Å². The first-order chi connectivity index (χ1) is 9.11. The SMILES string of the molecule is Cc1ccc(NC(=O)N(CCO)C2CCC2)cc1Cl. The van der Waals surface area contributed by atoms with E-state index in [1.54, 1.807) is 11.0 Å². The molecular weight excluding hydrogens is 264 g/mol. The lowest BCUT2D eigenvalue weighted by Crippen LogP contribution is -2.47. The van der Waals surface area contributed by atoms with Crippen LogP contribution >= 0.6 is 11.6 Å². The lowest BCUT2D eigenvalue weighted by atomic mass is 9.92. The summed E-state index contributed by atoms with van der Waals surface area (Å²) in [4.78, 5) is 13.9. The van der Waals surface area contributed by atoms with Crippen molar-refractivity contribution in [1.82, 2.24) is 4.90 Å². The van der Waals surface area contributed by atoms with Crippen molar-refractivity contribution in [2.75, 3.05) is 18.5 Å². The smallest absolute Gasteiger partial charge is 0.322 e. The number of urea groups is 1. The zero-order valence-corrected chi connectivity index (χ0v) is 11.8. The van der Waals surface area contributed by atoms with Gasteiger partial charge in [-0.25, -0.2) is 4.79 Å². The summed E-state index contributed by atoms with van der Waals surface area (Å²) < 4.78 is 0. The highest BCUT2D eigenvalue weighted by Gasteiger charge is 2.28. The van der Waals surface area contributed by atoms with Gasteiger partial charge < -0.3 is 15.3 Å². The third kappa shape index (κ3) is 3.39. The number of nitrogens with zero attached hydrogens (tertiary/aromatic N) is 1. The molecule has 0 atom stereocenters. The van der Waals surface area contributed by atoms with Crippen molar-refractivity contribution >= 4 is 23.3 Å². The Labute approximate surface area is 118 Å². The highest BCUT2D eigenvalue weighted by atomic mass is 35.5. The molecule has 1 aliphatic carbocycles. The molecule has 0 spiro atoms. The number of amides is 2. The van der Waals surface area contributed by atoms with Gasteiger partial charge in [0.25, 0.3) is 0 Å². The normalized spacial score (nSPS) is 14.9. The van der Waals surface area contributed by atoms with Crippen LogP contribution in [0.3, 0.4) is 0 Å². The van der Waals surface area contributed by atoms with E-state index in [9.17, 15) is 4.79 Å². The summed E-state index contributed by atoms with van der Waals surface area (Å²) in [5.41, 5.74) is 1.66. The van der Waals surface area contributed by atoms with E-state index in [1.165, 1.54) is 0 Å². The Morgan fingerprint density at radius 3 is 2.79 bits per heavy atom. The molecule has 0 aromatic heterocycles. The van der Waals surface area contributed by atoms with Gasteiger partial charge in [-0.1, -0.05) is 17.7 Å². The highest BCUT2D eigenvalue weighted by molar-refractivity contribution is 6.31. The van der Waals surface area contributed by atoms with Crippen LogP contribution in [0.2, 0.25) is 5.02 Å². The van der Waals surface area contributed by atoms with E-state index in [0.717, 1.165) is 24.8 Å². The summed E-state index contributed by atoms with van der Waals surface area (Å²) in [7, 11) is 0. The number of hydrogen-bond donors (Lipinski definition) is 2. The van der Waals surface area contributed by atoms with Crippen LogP contribution in [0.4, 0.5) is 10.5 Å². The molecule has 2 amide bonds. The van der Waals surface area contributed by atoms with Crippen molar-refractivity contribution in [3.05, 3.63) is 28.8 Å². The van der Waals surface area contributed by atoms with Gasteiger partial charge in [0.2, 0.25) is 0 Å². The molecule has 0 saturated heterocycles. The molecule has 0 radical (unpaired) electrons. The number of rotatable bonds is 4. The molecule has 0 unspecified atom stereocenters. The molecule has 2 rings (SSSR count). The summed E-state index contributed by atoms with van der Waals surface area (Å²) in [6.45, 7) is 2.27. The fourth-order valence-corrected chi connectivity index (χ4v) is 2.30. The molecule has 104 valence electrons. The number of carbonyl (C=O) groups is 1. The Balaban J connectivity index is 2.03. The quantitative estimate of drug-likeness (QED) is 0.892. The first-order valence-corrected chi connectivity index (χ1v) is 6.94. The number of halogens is 1. The predicted octanol–water partition coefficient (Wildman–Crippen LogP) is 3.03.